The van der Waals surface area contributed by atoms with Gasteiger partial charge in [0.2, 0.25) is 0 Å². The summed E-state index contributed by atoms with van der Waals surface area (Å²) in [5, 5.41) is 1.95. The average molecular weight is 609 g/mol. The van der Waals surface area contributed by atoms with E-state index in [9.17, 15) is 31.9 Å². The van der Waals surface area contributed by atoms with Crippen LogP contribution >= 0.6 is 11.6 Å². The van der Waals surface area contributed by atoms with Crippen LogP contribution in [0.25, 0.3) is 11.3 Å². The topological polar surface area (TPSA) is 114 Å². The Bertz CT molecular complexity index is 1550. The number of esters is 1. The number of carbonyl (C=O) groups excluding carboxylic acids is 3. The van der Waals surface area contributed by atoms with Crippen molar-refractivity contribution in [3.8, 4) is 11.3 Å². The Kier molecular flexibility index (Phi) is 8.13. The Labute approximate surface area is 242 Å². The normalized spacial score (nSPS) is 20.5. The number of amides is 2. The fourth-order valence-electron chi connectivity index (χ4n) is 5.13. The highest BCUT2D eigenvalue weighted by Gasteiger charge is 2.41. The lowest BCUT2D eigenvalue weighted by Crippen LogP contribution is -2.42. The Hall–Kier alpha value is -4.13. The molecule has 222 valence electrons. The third-order valence-electron chi connectivity index (χ3n) is 7.30. The van der Waals surface area contributed by atoms with E-state index in [0.717, 1.165) is 12.1 Å². The number of rotatable bonds is 4. The number of H-pyrrole nitrogens is 1. The van der Waals surface area contributed by atoms with Gasteiger partial charge in [0, 0.05) is 24.9 Å². The van der Waals surface area contributed by atoms with Gasteiger partial charge in [-0.15, -0.1) is 0 Å². The van der Waals surface area contributed by atoms with Crippen LogP contribution in [-0.4, -0.2) is 52.4 Å². The first-order valence-corrected chi connectivity index (χ1v) is 13.4. The van der Waals surface area contributed by atoms with Crippen LogP contribution in [-0.2, 0) is 25.5 Å². The molecule has 2 N–H and O–H groups in total. The number of aromatic nitrogens is 2. The van der Waals surface area contributed by atoms with Crippen molar-refractivity contribution in [1.29, 1.82) is 0 Å². The van der Waals surface area contributed by atoms with Crippen LogP contribution in [0.3, 0.4) is 0 Å². The monoisotopic (exact) mass is 608 g/mol. The van der Waals surface area contributed by atoms with Crippen LogP contribution in [0, 0.1) is 11.6 Å². The Morgan fingerprint density at radius 2 is 2.00 bits per heavy atom. The smallest absolute Gasteiger partial charge is 0.411 e. The molecule has 0 unspecified atom stereocenters. The molecule has 1 aromatic heterocycles. The average Bonchev–Trinajstić information content (AvgIpc) is 3.43. The molecule has 2 atom stereocenters. The lowest BCUT2D eigenvalue weighted by molar-refractivity contribution is -0.140. The minimum atomic E-state index is -3.75. The predicted octanol–water partition coefficient (Wildman–Crippen LogP) is 6.11. The van der Waals surface area contributed by atoms with E-state index in [4.69, 9.17) is 16.3 Å². The van der Waals surface area contributed by atoms with E-state index in [1.54, 1.807) is 6.07 Å². The molecular weight excluding hydrogens is 584 g/mol. The summed E-state index contributed by atoms with van der Waals surface area (Å²) in [7, 11) is 1.22. The van der Waals surface area contributed by atoms with E-state index in [0.29, 0.717) is 16.8 Å². The zero-order valence-corrected chi connectivity index (χ0v) is 22.9. The molecule has 14 heteroatoms. The number of halogens is 5. The molecule has 1 fully saturated rings. The number of nitrogens with one attached hydrogen (secondary N) is 2. The van der Waals surface area contributed by atoms with Gasteiger partial charge in [0.15, 0.2) is 5.82 Å². The van der Waals surface area contributed by atoms with Crippen molar-refractivity contribution in [2.24, 2.45) is 0 Å². The number of alkyl halides is 2. The number of aromatic amines is 1. The number of nitrogens with zero attached hydrogens (tertiary/aromatic N) is 2. The first kappa shape index (κ1) is 29.4. The van der Waals surface area contributed by atoms with Crippen molar-refractivity contribution in [2.75, 3.05) is 19.0 Å². The number of cyclic esters (lactones) is 1. The number of hydrogen-bond donors (Lipinski definition) is 2. The second-order valence-electron chi connectivity index (χ2n) is 9.99. The number of imidazole rings is 1. The van der Waals surface area contributed by atoms with E-state index < -0.39 is 59.7 Å². The number of ether oxygens (including phenoxy) is 2. The molecule has 0 aliphatic carbocycles. The summed E-state index contributed by atoms with van der Waals surface area (Å²) in [6.07, 6.45) is -1.91. The standard InChI is InChI=1S/C28H25ClF4N4O5/c1-41-22(38)12-14-4-5-15-18(11-14)36-26(39)28(32,33)9-2-3-20(25-34-13-19(15)35-25)37-10-8-21(42-27(37)40)23-17(30)7-6-16(29)24(23)31/h4-7,11,13,20-21H,2-3,8-10,12H2,1H3,(H,34,35)(H,36,39)/t20-,21+/m0/s1. The number of anilines is 1. The van der Waals surface area contributed by atoms with Crippen molar-refractivity contribution >= 4 is 35.3 Å². The fourth-order valence-corrected chi connectivity index (χ4v) is 5.29. The first-order chi connectivity index (χ1) is 20.0. The molecule has 1 saturated heterocycles. The number of carbonyl (C=O) groups is 3. The molecule has 2 aliphatic heterocycles. The SMILES string of the molecule is COC(=O)Cc1ccc2c(c1)NC(=O)C(F)(F)CCC[C@H](N1CC[C@H](c3c(F)ccc(Cl)c3F)OC1=O)c1ncc-2[nH]1. The molecule has 42 heavy (non-hydrogen) atoms. The third-order valence-corrected chi connectivity index (χ3v) is 7.59. The maximum Gasteiger partial charge on any atom is 0.411 e. The summed E-state index contributed by atoms with van der Waals surface area (Å²) in [6.45, 7) is -0.0278. The molecule has 5 rings (SSSR count). The summed E-state index contributed by atoms with van der Waals surface area (Å²) < 4.78 is 68.9. The summed E-state index contributed by atoms with van der Waals surface area (Å²) in [4.78, 5) is 46.3. The Morgan fingerprint density at radius 3 is 2.74 bits per heavy atom. The van der Waals surface area contributed by atoms with Gasteiger partial charge >= 0.3 is 18.0 Å². The van der Waals surface area contributed by atoms with Crippen molar-refractivity contribution in [3.05, 3.63) is 70.1 Å². The number of benzene rings is 2. The molecule has 0 spiro atoms. The second-order valence-corrected chi connectivity index (χ2v) is 10.4. The maximum absolute atomic E-state index is 14.9. The summed E-state index contributed by atoms with van der Waals surface area (Å²) in [5.41, 5.74) is 0.652. The molecule has 3 aromatic rings. The molecular formula is C28H25ClF4N4O5. The zero-order chi connectivity index (χ0) is 30.2. The molecule has 0 radical (unpaired) electrons. The first-order valence-electron chi connectivity index (χ1n) is 13.0. The van der Waals surface area contributed by atoms with Crippen LogP contribution in [0.15, 0.2) is 36.5 Å². The maximum atomic E-state index is 14.9. The van der Waals surface area contributed by atoms with Gasteiger partial charge in [-0.25, -0.2) is 18.6 Å². The van der Waals surface area contributed by atoms with Gasteiger partial charge in [-0.2, -0.15) is 8.78 Å². The lowest BCUT2D eigenvalue weighted by atomic mass is 10.00. The van der Waals surface area contributed by atoms with Crippen molar-refractivity contribution in [3.63, 3.8) is 0 Å². The van der Waals surface area contributed by atoms with Gasteiger partial charge in [0.1, 0.15) is 17.7 Å². The van der Waals surface area contributed by atoms with Gasteiger partial charge in [-0.3, -0.25) is 14.5 Å². The van der Waals surface area contributed by atoms with Crippen LogP contribution < -0.4 is 5.32 Å². The number of fused-ring (bicyclic) bond motifs is 4. The van der Waals surface area contributed by atoms with Crippen molar-refractivity contribution < 1.29 is 41.4 Å². The lowest BCUT2D eigenvalue weighted by Gasteiger charge is -2.36. The molecule has 9 nitrogen and oxygen atoms in total. The Morgan fingerprint density at radius 1 is 1.21 bits per heavy atom. The van der Waals surface area contributed by atoms with Gasteiger partial charge in [0.25, 0.3) is 5.91 Å². The van der Waals surface area contributed by atoms with E-state index in [-0.39, 0.29) is 48.8 Å². The van der Waals surface area contributed by atoms with Crippen LogP contribution in [0.1, 0.15) is 54.8 Å². The van der Waals surface area contributed by atoms with E-state index >= 15 is 0 Å². The largest absolute Gasteiger partial charge is 0.469 e. The zero-order valence-electron chi connectivity index (χ0n) is 22.2. The van der Waals surface area contributed by atoms with E-state index in [2.05, 4.69) is 20.0 Å². The van der Waals surface area contributed by atoms with Gasteiger partial charge in [-0.1, -0.05) is 23.7 Å². The Balaban J connectivity index is 1.47. The minimum Gasteiger partial charge on any atom is -0.469 e. The molecule has 2 aromatic carbocycles. The quantitative estimate of drug-likeness (QED) is 0.210. The molecule has 3 heterocycles. The highest BCUT2D eigenvalue weighted by Crippen LogP contribution is 2.39. The van der Waals surface area contributed by atoms with Crippen LogP contribution in [0.5, 0.6) is 0 Å². The summed E-state index contributed by atoms with van der Waals surface area (Å²) in [6, 6.07) is 5.69. The second kappa shape index (κ2) is 11.6. The van der Waals surface area contributed by atoms with Crippen LogP contribution in [0.4, 0.5) is 28.0 Å². The highest BCUT2D eigenvalue weighted by molar-refractivity contribution is 6.30. The van der Waals surface area contributed by atoms with Gasteiger partial charge in [-0.05, 0) is 36.6 Å². The van der Waals surface area contributed by atoms with Crippen molar-refractivity contribution in [1.82, 2.24) is 14.9 Å². The highest BCUT2D eigenvalue weighted by atomic mass is 35.5. The van der Waals surface area contributed by atoms with Crippen molar-refractivity contribution in [2.45, 2.75) is 50.2 Å². The van der Waals surface area contributed by atoms with Gasteiger partial charge in [0.05, 0.1) is 47.7 Å². The third kappa shape index (κ3) is 5.78. The summed E-state index contributed by atoms with van der Waals surface area (Å²) >= 11 is 5.80. The molecule has 2 amide bonds. The molecule has 2 bridgehead atoms. The minimum absolute atomic E-state index is 0.00560. The van der Waals surface area contributed by atoms with E-state index in [1.165, 1.54) is 30.3 Å². The molecule has 2 aliphatic rings. The van der Waals surface area contributed by atoms with E-state index in [1.807, 2.05) is 0 Å². The van der Waals surface area contributed by atoms with Crippen LogP contribution in [0.2, 0.25) is 5.02 Å². The molecule has 0 saturated carbocycles. The fraction of sp³-hybridized carbons (Fsp3) is 0.357. The summed E-state index contributed by atoms with van der Waals surface area (Å²) in [5.74, 6) is -7.51. The van der Waals surface area contributed by atoms with Gasteiger partial charge < -0.3 is 19.8 Å². The number of methoxy groups -OCH3 is 1. The predicted molar refractivity (Wildman–Crippen MR) is 142 cm³/mol. The number of hydrogen-bond acceptors (Lipinski definition) is 6.